The second-order valence-electron chi connectivity index (χ2n) is 4.52. The van der Waals surface area contributed by atoms with E-state index in [1.165, 1.54) is 0 Å². The number of aromatic amines is 1. The molecule has 0 amide bonds. The van der Waals surface area contributed by atoms with Crippen LogP contribution in [0.5, 0.6) is 5.75 Å². The van der Waals surface area contributed by atoms with Crippen LogP contribution in [0.3, 0.4) is 0 Å². The monoisotopic (exact) mass is 267 g/mol. The molecule has 1 aromatic heterocycles. The maximum absolute atomic E-state index is 11.0. The highest BCUT2D eigenvalue weighted by Gasteiger charge is 2.08. The van der Waals surface area contributed by atoms with Crippen molar-refractivity contribution in [2.45, 2.75) is 0 Å². The van der Waals surface area contributed by atoms with E-state index in [9.17, 15) is 4.79 Å². The number of carbonyl (C=O) groups is 1. The van der Waals surface area contributed by atoms with Gasteiger partial charge in [-0.05, 0) is 41.5 Å². The Morgan fingerprint density at radius 3 is 2.65 bits per heavy atom. The largest absolute Gasteiger partial charge is 0.497 e. The summed E-state index contributed by atoms with van der Waals surface area (Å²) in [6, 6.07) is 15.2. The molecule has 0 fully saturated rings. The van der Waals surface area contributed by atoms with Crippen molar-refractivity contribution < 1.29 is 14.6 Å². The zero-order valence-electron chi connectivity index (χ0n) is 10.9. The molecule has 1 heterocycles. The van der Waals surface area contributed by atoms with Gasteiger partial charge in [0, 0.05) is 10.9 Å². The second-order valence-corrected chi connectivity index (χ2v) is 4.52. The number of H-pyrrole nitrogens is 1. The molecule has 0 saturated carbocycles. The number of aromatic carboxylic acids is 1. The first-order valence-corrected chi connectivity index (χ1v) is 6.18. The van der Waals surface area contributed by atoms with E-state index >= 15 is 0 Å². The second kappa shape index (κ2) is 4.74. The molecule has 0 aliphatic rings. The van der Waals surface area contributed by atoms with Crippen LogP contribution in [0.25, 0.3) is 22.0 Å². The van der Waals surface area contributed by atoms with Gasteiger partial charge in [-0.2, -0.15) is 0 Å². The summed E-state index contributed by atoms with van der Waals surface area (Å²) in [4.78, 5) is 13.8. The third-order valence-corrected chi connectivity index (χ3v) is 3.25. The lowest BCUT2D eigenvalue weighted by Gasteiger charge is -2.04. The SMILES string of the molecule is COc1cccc(-c2ccc3[nH]c(C(=O)O)cc3c2)c1. The Balaban J connectivity index is 2.09. The summed E-state index contributed by atoms with van der Waals surface area (Å²) in [5, 5.41) is 9.87. The van der Waals surface area contributed by atoms with Gasteiger partial charge in [0.05, 0.1) is 7.11 Å². The molecule has 0 radical (unpaired) electrons. The highest BCUT2D eigenvalue weighted by molar-refractivity contribution is 5.95. The zero-order chi connectivity index (χ0) is 14.1. The van der Waals surface area contributed by atoms with E-state index < -0.39 is 5.97 Å². The van der Waals surface area contributed by atoms with Crippen molar-refractivity contribution in [1.82, 2.24) is 4.98 Å². The minimum atomic E-state index is -0.955. The highest BCUT2D eigenvalue weighted by atomic mass is 16.5. The first-order chi connectivity index (χ1) is 9.67. The third-order valence-electron chi connectivity index (χ3n) is 3.25. The van der Waals surface area contributed by atoms with E-state index in [1.807, 2.05) is 42.5 Å². The van der Waals surface area contributed by atoms with Crippen LogP contribution in [0.4, 0.5) is 0 Å². The molecule has 0 aliphatic heterocycles. The number of rotatable bonds is 3. The van der Waals surface area contributed by atoms with E-state index in [-0.39, 0.29) is 5.69 Å². The number of benzene rings is 2. The van der Waals surface area contributed by atoms with Crippen LogP contribution in [0.15, 0.2) is 48.5 Å². The van der Waals surface area contributed by atoms with Crippen LogP contribution < -0.4 is 4.74 Å². The molecule has 4 nitrogen and oxygen atoms in total. The molecule has 0 bridgehead atoms. The summed E-state index contributed by atoms with van der Waals surface area (Å²) in [5.74, 6) is -0.160. The zero-order valence-corrected chi connectivity index (χ0v) is 10.9. The van der Waals surface area contributed by atoms with Gasteiger partial charge in [0.25, 0.3) is 0 Å². The lowest BCUT2D eigenvalue weighted by atomic mass is 10.0. The fraction of sp³-hybridized carbons (Fsp3) is 0.0625. The van der Waals surface area contributed by atoms with Gasteiger partial charge < -0.3 is 14.8 Å². The van der Waals surface area contributed by atoms with Gasteiger partial charge in [0.15, 0.2) is 0 Å². The van der Waals surface area contributed by atoms with Crippen LogP contribution >= 0.6 is 0 Å². The minimum Gasteiger partial charge on any atom is -0.497 e. The van der Waals surface area contributed by atoms with E-state index in [2.05, 4.69) is 4.98 Å². The Hall–Kier alpha value is -2.75. The molecule has 2 N–H and O–H groups in total. The first kappa shape index (κ1) is 12.3. The van der Waals surface area contributed by atoms with Crippen molar-refractivity contribution in [3.63, 3.8) is 0 Å². The summed E-state index contributed by atoms with van der Waals surface area (Å²) < 4.78 is 5.22. The minimum absolute atomic E-state index is 0.197. The topological polar surface area (TPSA) is 62.3 Å². The van der Waals surface area contributed by atoms with E-state index in [0.717, 1.165) is 27.8 Å². The number of aromatic nitrogens is 1. The number of carboxylic acids is 1. The van der Waals surface area contributed by atoms with Crippen molar-refractivity contribution in [1.29, 1.82) is 0 Å². The maximum atomic E-state index is 11.0. The van der Waals surface area contributed by atoms with Crippen LogP contribution in [0.1, 0.15) is 10.5 Å². The average Bonchev–Trinajstić information content (AvgIpc) is 2.90. The van der Waals surface area contributed by atoms with Crippen molar-refractivity contribution in [3.8, 4) is 16.9 Å². The lowest BCUT2D eigenvalue weighted by molar-refractivity contribution is 0.0691. The van der Waals surface area contributed by atoms with Crippen LogP contribution in [0.2, 0.25) is 0 Å². The molecule has 3 rings (SSSR count). The first-order valence-electron chi connectivity index (χ1n) is 6.18. The normalized spacial score (nSPS) is 10.7. The van der Waals surface area contributed by atoms with Crippen molar-refractivity contribution in [2.75, 3.05) is 7.11 Å². The van der Waals surface area contributed by atoms with E-state index in [0.29, 0.717) is 0 Å². The summed E-state index contributed by atoms with van der Waals surface area (Å²) >= 11 is 0. The number of fused-ring (bicyclic) bond motifs is 1. The van der Waals surface area contributed by atoms with Gasteiger partial charge in [-0.1, -0.05) is 18.2 Å². The molecule has 3 aromatic rings. The molecular formula is C16H13NO3. The van der Waals surface area contributed by atoms with Crippen molar-refractivity contribution >= 4 is 16.9 Å². The fourth-order valence-electron chi connectivity index (χ4n) is 2.23. The molecule has 0 spiro atoms. The van der Waals surface area contributed by atoms with Gasteiger partial charge in [-0.3, -0.25) is 0 Å². The number of hydrogen-bond acceptors (Lipinski definition) is 2. The summed E-state index contributed by atoms with van der Waals surface area (Å²) in [6.45, 7) is 0. The van der Waals surface area contributed by atoms with Crippen molar-refractivity contribution in [3.05, 3.63) is 54.2 Å². The van der Waals surface area contributed by atoms with Crippen LogP contribution in [0, 0.1) is 0 Å². The van der Waals surface area contributed by atoms with Gasteiger partial charge in [-0.25, -0.2) is 4.79 Å². The van der Waals surface area contributed by atoms with Crippen LogP contribution in [-0.2, 0) is 0 Å². The molecule has 0 atom stereocenters. The molecule has 100 valence electrons. The lowest BCUT2D eigenvalue weighted by Crippen LogP contribution is -1.94. The Labute approximate surface area is 115 Å². The smallest absolute Gasteiger partial charge is 0.352 e. The van der Waals surface area contributed by atoms with Gasteiger partial charge in [-0.15, -0.1) is 0 Å². The number of ether oxygens (including phenoxy) is 1. The third kappa shape index (κ3) is 2.12. The predicted octanol–water partition coefficient (Wildman–Crippen LogP) is 3.54. The van der Waals surface area contributed by atoms with Gasteiger partial charge in [0.2, 0.25) is 0 Å². The Morgan fingerprint density at radius 1 is 1.10 bits per heavy atom. The molecule has 0 unspecified atom stereocenters. The van der Waals surface area contributed by atoms with Gasteiger partial charge >= 0.3 is 5.97 Å². The fourth-order valence-corrected chi connectivity index (χ4v) is 2.23. The molecule has 2 aromatic carbocycles. The number of methoxy groups -OCH3 is 1. The molecule has 0 aliphatic carbocycles. The quantitative estimate of drug-likeness (QED) is 0.763. The molecule has 20 heavy (non-hydrogen) atoms. The molecule has 4 heteroatoms. The number of carboxylic acid groups (broad SMARTS) is 1. The highest BCUT2D eigenvalue weighted by Crippen LogP contribution is 2.27. The van der Waals surface area contributed by atoms with Gasteiger partial charge in [0.1, 0.15) is 11.4 Å². The summed E-state index contributed by atoms with van der Waals surface area (Å²) in [5.41, 5.74) is 3.06. The standard InChI is InChI=1S/C16H13NO3/c1-20-13-4-2-3-10(8-13)11-5-6-14-12(7-11)9-15(17-14)16(18)19/h2-9,17H,1H3,(H,18,19). The number of nitrogens with one attached hydrogen (secondary N) is 1. The number of hydrogen-bond donors (Lipinski definition) is 2. The predicted molar refractivity (Wildman–Crippen MR) is 77.2 cm³/mol. The maximum Gasteiger partial charge on any atom is 0.352 e. The van der Waals surface area contributed by atoms with E-state index in [4.69, 9.17) is 9.84 Å². The van der Waals surface area contributed by atoms with Crippen molar-refractivity contribution in [2.24, 2.45) is 0 Å². The Bertz CT molecular complexity index is 789. The Kier molecular flexibility index (Phi) is 2.91. The summed E-state index contributed by atoms with van der Waals surface area (Å²) in [6.07, 6.45) is 0. The van der Waals surface area contributed by atoms with Crippen LogP contribution in [-0.4, -0.2) is 23.2 Å². The molecular weight excluding hydrogens is 254 g/mol. The Morgan fingerprint density at radius 2 is 1.90 bits per heavy atom. The van der Waals surface area contributed by atoms with E-state index in [1.54, 1.807) is 13.2 Å². The average molecular weight is 267 g/mol. The summed E-state index contributed by atoms with van der Waals surface area (Å²) in [7, 11) is 1.63. The molecule has 0 saturated heterocycles.